The highest BCUT2D eigenvalue weighted by Gasteiger charge is 2.10. The van der Waals surface area contributed by atoms with Gasteiger partial charge in [-0.2, -0.15) is 0 Å². The van der Waals surface area contributed by atoms with Crippen molar-refractivity contribution >= 4 is 11.7 Å². The first-order chi connectivity index (χ1) is 7.69. The molecule has 0 heterocycles. The van der Waals surface area contributed by atoms with Crippen molar-refractivity contribution in [2.75, 3.05) is 19.0 Å². The summed E-state index contributed by atoms with van der Waals surface area (Å²) in [6.07, 6.45) is 5.65. The van der Waals surface area contributed by atoms with Gasteiger partial charge in [-0.1, -0.05) is 0 Å². The van der Waals surface area contributed by atoms with Crippen molar-refractivity contribution in [1.29, 1.82) is 0 Å². The lowest BCUT2D eigenvalue weighted by Gasteiger charge is -2.10. The third-order valence-electron chi connectivity index (χ3n) is 2.04. The average molecular weight is 219 g/mol. The number of carboxylic acids is 1. The van der Waals surface area contributed by atoms with Crippen LogP contribution in [0.5, 0.6) is 5.75 Å². The maximum Gasteiger partial charge on any atom is 0.337 e. The molecule has 0 aliphatic carbocycles. The predicted molar refractivity (Wildman–Crippen MR) is 61.9 cm³/mol. The van der Waals surface area contributed by atoms with Crippen molar-refractivity contribution in [2.45, 2.75) is 6.42 Å². The first-order valence-corrected chi connectivity index (χ1v) is 4.77. The zero-order chi connectivity index (χ0) is 12.0. The average Bonchev–Trinajstić information content (AvgIpc) is 2.29. The minimum absolute atomic E-state index is 0.206. The summed E-state index contributed by atoms with van der Waals surface area (Å²) >= 11 is 0. The monoisotopic (exact) mass is 219 g/mol. The van der Waals surface area contributed by atoms with Gasteiger partial charge in [0.15, 0.2) is 0 Å². The molecule has 0 aromatic heterocycles. The highest BCUT2D eigenvalue weighted by molar-refractivity contribution is 5.94. The van der Waals surface area contributed by atoms with E-state index in [0.29, 0.717) is 24.4 Å². The van der Waals surface area contributed by atoms with E-state index in [2.05, 4.69) is 11.2 Å². The second-order valence-electron chi connectivity index (χ2n) is 3.10. The number of nitrogens with one attached hydrogen (secondary N) is 1. The van der Waals surface area contributed by atoms with Crippen LogP contribution in [0.4, 0.5) is 5.69 Å². The maximum absolute atomic E-state index is 10.9. The number of methoxy groups -OCH3 is 1. The Hall–Kier alpha value is -2.15. The number of aromatic carboxylic acids is 1. The number of terminal acetylenes is 1. The number of anilines is 1. The van der Waals surface area contributed by atoms with Crippen molar-refractivity contribution in [3.63, 3.8) is 0 Å². The molecule has 0 saturated carbocycles. The Morgan fingerprint density at radius 2 is 2.38 bits per heavy atom. The standard InChI is InChI=1S/C12H13NO3/c1-3-4-7-13-11-8-9(16-2)5-6-10(11)12(14)15/h1,5-6,8,13H,4,7H2,2H3,(H,14,15). The summed E-state index contributed by atoms with van der Waals surface area (Å²) in [6.45, 7) is 0.532. The SMILES string of the molecule is C#CCCNc1cc(OC)ccc1C(=O)O. The normalized spacial score (nSPS) is 9.25. The molecule has 0 amide bonds. The molecule has 0 unspecified atom stereocenters. The van der Waals surface area contributed by atoms with Crippen LogP contribution in [-0.2, 0) is 0 Å². The Labute approximate surface area is 94.2 Å². The summed E-state index contributed by atoms with van der Waals surface area (Å²) in [5.74, 6) is 2.10. The Balaban J connectivity index is 2.92. The predicted octanol–water partition coefficient (Wildman–Crippen LogP) is 1.83. The summed E-state index contributed by atoms with van der Waals surface area (Å²) in [7, 11) is 1.53. The molecule has 1 aromatic carbocycles. The van der Waals surface area contributed by atoms with E-state index in [1.54, 1.807) is 12.1 Å². The number of rotatable bonds is 5. The van der Waals surface area contributed by atoms with Crippen molar-refractivity contribution in [3.8, 4) is 18.1 Å². The summed E-state index contributed by atoms with van der Waals surface area (Å²) in [4.78, 5) is 10.9. The van der Waals surface area contributed by atoms with E-state index in [1.807, 2.05) is 0 Å². The van der Waals surface area contributed by atoms with Crippen LogP contribution in [0.3, 0.4) is 0 Å². The van der Waals surface area contributed by atoms with Crippen molar-refractivity contribution in [3.05, 3.63) is 23.8 Å². The quantitative estimate of drug-likeness (QED) is 0.586. The molecule has 1 aromatic rings. The van der Waals surface area contributed by atoms with E-state index in [4.69, 9.17) is 16.3 Å². The van der Waals surface area contributed by atoms with E-state index in [0.717, 1.165) is 0 Å². The van der Waals surface area contributed by atoms with Gasteiger partial charge in [0.2, 0.25) is 0 Å². The molecule has 0 aliphatic rings. The van der Waals surface area contributed by atoms with Gasteiger partial charge in [0.05, 0.1) is 18.4 Å². The molecule has 0 aliphatic heterocycles. The highest BCUT2D eigenvalue weighted by Crippen LogP contribution is 2.22. The molecular formula is C12H13NO3. The smallest absolute Gasteiger partial charge is 0.337 e. The van der Waals surface area contributed by atoms with E-state index >= 15 is 0 Å². The summed E-state index contributed by atoms with van der Waals surface area (Å²) in [5, 5.41) is 11.9. The largest absolute Gasteiger partial charge is 0.497 e. The number of benzene rings is 1. The lowest BCUT2D eigenvalue weighted by atomic mass is 10.1. The Kier molecular flexibility index (Phi) is 4.22. The molecule has 0 fully saturated rings. The van der Waals surface area contributed by atoms with Crippen LogP contribution in [0, 0.1) is 12.3 Å². The maximum atomic E-state index is 10.9. The van der Waals surface area contributed by atoms with Crippen LogP contribution >= 0.6 is 0 Å². The molecule has 16 heavy (non-hydrogen) atoms. The van der Waals surface area contributed by atoms with Gasteiger partial charge in [0.25, 0.3) is 0 Å². The highest BCUT2D eigenvalue weighted by atomic mass is 16.5. The fourth-order valence-electron chi connectivity index (χ4n) is 1.25. The first-order valence-electron chi connectivity index (χ1n) is 4.77. The second kappa shape index (κ2) is 5.66. The van der Waals surface area contributed by atoms with E-state index in [9.17, 15) is 4.79 Å². The van der Waals surface area contributed by atoms with Crippen LogP contribution in [0.15, 0.2) is 18.2 Å². The molecule has 0 spiro atoms. The van der Waals surface area contributed by atoms with Crippen LogP contribution in [0.2, 0.25) is 0 Å². The van der Waals surface area contributed by atoms with Gasteiger partial charge in [-0.25, -0.2) is 4.79 Å². The van der Waals surface area contributed by atoms with Crippen molar-refractivity contribution in [1.82, 2.24) is 0 Å². The fraction of sp³-hybridized carbons (Fsp3) is 0.250. The molecule has 4 nitrogen and oxygen atoms in total. The van der Waals surface area contributed by atoms with Gasteiger partial charge in [-0.15, -0.1) is 12.3 Å². The molecule has 0 saturated heterocycles. The van der Waals surface area contributed by atoms with Gasteiger partial charge < -0.3 is 15.2 Å². The molecular weight excluding hydrogens is 206 g/mol. The molecule has 0 radical (unpaired) electrons. The van der Waals surface area contributed by atoms with Crippen molar-refractivity contribution < 1.29 is 14.6 Å². The third kappa shape index (κ3) is 2.92. The third-order valence-corrected chi connectivity index (χ3v) is 2.04. The Bertz CT molecular complexity index is 421. The molecule has 4 heteroatoms. The first kappa shape index (κ1) is 11.9. The summed E-state index contributed by atoms with van der Waals surface area (Å²) in [5.41, 5.74) is 0.722. The van der Waals surface area contributed by atoms with Gasteiger partial charge >= 0.3 is 5.97 Å². The zero-order valence-electron chi connectivity index (χ0n) is 8.99. The molecule has 2 N–H and O–H groups in total. The van der Waals surface area contributed by atoms with Gasteiger partial charge in [0, 0.05) is 19.0 Å². The van der Waals surface area contributed by atoms with Gasteiger partial charge in [-0.05, 0) is 12.1 Å². The van der Waals surface area contributed by atoms with E-state index in [1.165, 1.54) is 13.2 Å². The molecule has 0 atom stereocenters. The number of carbonyl (C=O) groups is 1. The number of hydrogen-bond donors (Lipinski definition) is 2. The lowest BCUT2D eigenvalue weighted by Crippen LogP contribution is -2.07. The number of ether oxygens (including phenoxy) is 1. The topological polar surface area (TPSA) is 58.6 Å². The minimum atomic E-state index is -0.981. The Morgan fingerprint density at radius 3 is 2.94 bits per heavy atom. The van der Waals surface area contributed by atoms with Crippen LogP contribution in [0.1, 0.15) is 16.8 Å². The second-order valence-corrected chi connectivity index (χ2v) is 3.10. The number of carboxylic acid groups (broad SMARTS) is 1. The van der Waals surface area contributed by atoms with Gasteiger partial charge in [-0.3, -0.25) is 0 Å². The van der Waals surface area contributed by atoms with Crippen LogP contribution < -0.4 is 10.1 Å². The fourth-order valence-corrected chi connectivity index (χ4v) is 1.25. The zero-order valence-corrected chi connectivity index (χ0v) is 8.99. The summed E-state index contributed by atoms with van der Waals surface area (Å²) in [6, 6.07) is 4.75. The molecule has 1 rings (SSSR count). The lowest BCUT2D eigenvalue weighted by molar-refractivity contribution is 0.0698. The van der Waals surface area contributed by atoms with Gasteiger partial charge in [0.1, 0.15) is 5.75 Å². The van der Waals surface area contributed by atoms with E-state index in [-0.39, 0.29) is 5.56 Å². The number of hydrogen-bond acceptors (Lipinski definition) is 3. The van der Waals surface area contributed by atoms with Crippen LogP contribution in [0.25, 0.3) is 0 Å². The summed E-state index contributed by atoms with van der Waals surface area (Å²) < 4.78 is 5.02. The van der Waals surface area contributed by atoms with Crippen LogP contribution in [-0.4, -0.2) is 24.7 Å². The van der Waals surface area contributed by atoms with E-state index < -0.39 is 5.97 Å². The Morgan fingerprint density at radius 1 is 1.62 bits per heavy atom. The molecule has 0 bridgehead atoms. The minimum Gasteiger partial charge on any atom is -0.497 e. The molecule has 84 valence electrons. The van der Waals surface area contributed by atoms with Crippen molar-refractivity contribution in [2.24, 2.45) is 0 Å².